The molecule has 0 radical (unpaired) electrons. The van der Waals surface area contributed by atoms with E-state index < -0.39 is 0 Å². The Morgan fingerprint density at radius 1 is 1.39 bits per heavy atom. The van der Waals surface area contributed by atoms with Gasteiger partial charge in [-0.15, -0.1) is 0 Å². The van der Waals surface area contributed by atoms with Crippen LogP contribution in [0.2, 0.25) is 0 Å². The summed E-state index contributed by atoms with van der Waals surface area (Å²) in [7, 11) is 1.53. The number of carbonyl (C=O) groups is 2. The van der Waals surface area contributed by atoms with Gasteiger partial charge in [-0.2, -0.15) is 0 Å². The van der Waals surface area contributed by atoms with Crippen molar-refractivity contribution in [2.75, 3.05) is 7.11 Å². The highest BCUT2D eigenvalue weighted by molar-refractivity contribution is 6.01. The molecule has 0 bridgehead atoms. The molecule has 1 spiro atoms. The van der Waals surface area contributed by atoms with Crippen LogP contribution in [-0.2, 0) is 19.1 Å². The Bertz CT molecular complexity index is 494. The van der Waals surface area contributed by atoms with Gasteiger partial charge in [-0.05, 0) is 24.7 Å². The average molecular weight is 248 g/mol. The first-order valence-electron chi connectivity index (χ1n) is 6.63. The van der Waals surface area contributed by atoms with Crippen LogP contribution in [0.4, 0.5) is 0 Å². The fraction of sp³-hybridized carbons (Fsp3) is 0.714. The van der Waals surface area contributed by atoms with E-state index in [1.165, 1.54) is 7.11 Å². The van der Waals surface area contributed by atoms with Gasteiger partial charge in [0.2, 0.25) is 0 Å². The lowest BCUT2D eigenvalue weighted by molar-refractivity contribution is -0.164. The molecular formula is C14H16O4. The summed E-state index contributed by atoms with van der Waals surface area (Å²) in [5, 5.41) is 0. The highest BCUT2D eigenvalue weighted by atomic mass is 16.6. The van der Waals surface area contributed by atoms with Crippen molar-refractivity contribution in [2.45, 2.75) is 25.9 Å². The number of rotatable bonds is 1. The summed E-state index contributed by atoms with van der Waals surface area (Å²) in [6.07, 6.45) is 3.28. The fourth-order valence-corrected chi connectivity index (χ4v) is 5.12. The number of ketones is 1. The van der Waals surface area contributed by atoms with Crippen LogP contribution in [0.25, 0.3) is 0 Å². The summed E-state index contributed by atoms with van der Waals surface area (Å²) >= 11 is 0. The van der Waals surface area contributed by atoms with E-state index in [0.717, 1.165) is 12.8 Å². The Balaban J connectivity index is 1.90. The second-order valence-corrected chi connectivity index (χ2v) is 6.04. The summed E-state index contributed by atoms with van der Waals surface area (Å²) in [5.41, 5.74) is -0.330. The summed E-state index contributed by atoms with van der Waals surface area (Å²) in [6, 6.07) is 0. The van der Waals surface area contributed by atoms with Crippen LogP contribution in [0.3, 0.4) is 0 Å². The number of hydrogen-bond acceptors (Lipinski definition) is 4. The highest BCUT2D eigenvalue weighted by Crippen LogP contribution is 2.72. The van der Waals surface area contributed by atoms with Crippen LogP contribution in [0.1, 0.15) is 19.8 Å². The quantitative estimate of drug-likeness (QED) is 0.656. The van der Waals surface area contributed by atoms with E-state index in [9.17, 15) is 9.59 Å². The molecular weight excluding hydrogens is 232 g/mol. The van der Waals surface area contributed by atoms with Gasteiger partial charge in [0, 0.05) is 17.4 Å². The molecule has 1 heterocycles. The van der Waals surface area contributed by atoms with E-state index in [1.54, 1.807) is 6.08 Å². The van der Waals surface area contributed by atoms with E-state index >= 15 is 0 Å². The van der Waals surface area contributed by atoms with Crippen LogP contribution in [0.15, 0.2) is 11.8 Å². The van der Waals surface area contributed by atoms with Crippen LogP contribution in [0, 0.1) is 29.1 Å². The maximum atomic E-state index is 12.5. The van der Waals surface area contributed by atoms with Crippen molar-refractivity contribution in [3.05, 3.63) is 11.8 Å². The third kappa shape index (κ3) is 0.826. The Kier molecular flexibility index (Phi) is 1.75. The second kappa shape index (κ2) is 2.98. The van der Waals surface area contributed by atoms with Gasteiger partial charge >= 0.3 is 5.97 Å². The van der Waals surface area contributed by atoms with Gasteiger partial charge in [-0.1, -0.05) is 6.92 Å². The standard InChI is InChI=1S/C14H16O4/c1-6-3-4-7-10-11-12(18-13(10)16)8(17-2)5-9(15)14(6,7)11/h5-7,10-12H,3-4H2,1-2H3/t6-,7-,10-,11+,12+,14-/m0/s1. The lowest BCUT2D eigenvalue weighted by Gasteiger charge is -2.56. The zero-order chi connectivity index (χ0) is 12.7. The van der Waals surface area contributed by atoms with Crippen LogP contribution < -0.4 is 0 Å². The molecule has 0 N–H and O–H groups in total. The van der Waals surface area contributed by atoms with E-state index in [4.69, 9.17) is 9.47 Å². The third-order valence-electron chi connectivity index (χ3n) is 5.77. The Hall–Kier alpha value is -1.32. The molecule has 0 aromatic rings. The predicted molar refractivity (Wildman–Crippen MR) is 61.3 cm³/mol. The van der Waals surface area contributed by atoms with Crippen molar-refractivity contribution in [3.8, 4) is 0 Å². The number of esters is 1. The number of fused-ring (bicyclic) bond motifs is 1. The molecule has 4 nitrogen and oxygen atoms in total. The molecule has 3 fully saturated rings. The van der Waals surface area contributed by atoms with Gasteiger partial charge in [0.1, 0.15) is 5.76 Å². The number of allylic oxidation sites excluding steroid dienone is 1. The van der Waals surface area contributed by atoms with Crippen molar-refractivity contribution < 1.29 is 19.1 Å². The minimum absolute atomic E-state index is 0.0277. The summed E-state index contributed by atoms with van der Waals surface area (Å²) < 4.78 is 10.7. The monoisotopic (exact) mass is 248 g/mol. The van der Waals surface area contributed by atoms with Gasteiger partial charge in [0.05, 0.1) is 13.0 Å². The number of ether oxygens (including phenoxy) is 2. The molecule has 2 saturated carbocycles. The van der Waals surface area contributed by atoms with Crippen molar-refractivity contribution in [1.29, 1.82) is 0 Å². The Morgan fingerprint density at radius 2 is 2.17 bits per heavy atom. The summed E-state index contributed by atoms with van der Waals surface area (Å²) in [5.74, 6) is 1.08. The molecule has 6 atom stereocenters. The number of carbonyl (C=O) groups excluding carboxylic acids is 2. The maximum Gasteiger partial charge on any atom is 0.310 e. The van der Waals surface area contributed by atoms with Crippen molar-refractivity contribution in [1.82, 2.24) is 0 Å². The summed E-state index contributed by atoms with van der Waals surface area (Å²) in [6.45, 7) is 2.14. The third-order valence-corrected chi connectivity index (χ3v) is 5.77. The summed E-state index contributed by atoms with van der Waals surface area (Å²) in [4.78, 5) is 24.5. The van der Waals surface area contributed by atoms with Gasteiger partial charge in [-0.3, -0.25) is 9.59 Å². The molecule has 3 aliphatic carbocycles. The van der Waals surface area contributed by atoms with Gasteiger partial charge in [-0.25, -0.2) is 0 Å². The molecule has 96 valence electrons. The smallest absolute Gasteiger partial charge is 0.310 e. The molecule has 4 heteroatoms. The number of methoxy groups -OCH3 is 1. The first-order valence-corrected chi connectivity index (χ1v) is 6.63. The van der Waals surface area contributed by atoms with E-state index in [1.807, 2.05) is 0 Å². The minimum atomic E-state index is -0.330. The highest BCUT2D eigenvalue weighted by Gasteiger charge is 2.78. The first kappa shape index (κ1) is 10.6. The fourth-order valence-electron chi connectivity index (χ4n) is 5.12. The van der Waals surface area contributed by atoms with Crippen LogP contribution in [0.5, 0.6) is 0 Å². The van der Waals surface area contributed by atoms with Gasteiger partial charge in [0.15, 0.2) is 11.9 Å². The van der Waals surface area contributed by atoms with Gasteiger partial charge < -0.3 is 9.47 Å². The van der Waals surface area contributed by atoms with Gasteiger partial charge in [0.25, 0.3) is 0 Å². The van der Waals surface area contributed by atoms with E-state index in [-0.39, 0.29) is 41.0 Å². The normalized spacial score (nSPS) is 52.1. The van der Waals surface area contributed by atoms with E-state index in [2.05, 4.69) is 6.92 Å². The number of hydrogen-bond donors (Lipinski definition) is 0. The molecule has 18 heavy (non-hydrogen) atoms. The zero-order valence-electron chi connectivity index (χ0n) is 10.5. The molecule has 0 amide bonds. The lowest BCUT2D eigenvalue weighted by atomic mass is 9.42. The SMILES string of the molecule is COC1=CC(=O)[C@@]23[C@@H]4[C@@H](C(=O)O[C@H]14)[C@@H]2CC[C@@H]3C. The molecule has 4 aliphatic rings. The first-order chi connectivity index (χ1) is 8.62. The molecule has 4 rings (SSSR count). The second-order valence-electron chi connectivity index (χ2n) is 6.04. The van der Waals surface area contributed by atoms with Crippen molar-refractivity contribution in [3.63, 3.8) is 0 Å². The zero-order valence-corrected chi connectivity index (χ0v) is 10.5. The molecule has 0 unspecified atom stereocenters. The molecule has 0 aromatic carbocycles. The van der Waals surface area contributed by atoms with Crippen LogP contribution >= 0.6 is 0 Å². The predicted octanol–water partition coefficient (Wildman–Crippen LogP) is 1.30. The average Bonchev–Trinajstić information content (AvgIpc) is 2.74. The van der Waals surface area contributed by atoms with Crippen molar-refractivity contribution >= 4 is 11.8 Å². The topological polar surface area (TPSA) is 52.6 Å². The molecule has 1 saturated heterocycles. The maximum absolute atomic E-state index is 12.5. The van der Waals surface area contributed by atoms with E-state index in [0.29, 0.717) is 11.7 Å². The molecule has 1 aliphatic heterocycles. The molecule has 0 aromatic heterocycles. The Labute approximate surface area is 105 Å². The van der Waals surface area contributed by atoms with Crippen LogP contribution in [-0.4, -0.2) is 25.0 Å². The Morgan fingerprint density at radius 3 is 2.89 bits per heavy atom. The van der Waals surface area contributed by atoms with Crippen molar-refractivity contribution in [2.24, 2.45) is 29.1 Å². The minimum Gasteiger partial charge on any atom is -0.497 e. The lowest BCUT2D eigenvalue weighted by Crippen LogP contribution is -2.64. The largest absolute Gasteiger partial charge is 0.497 e.